The van der Waals surface area contributed by atoms with E-state index in [-0.39, 0.29) is 5.75 Å². The van der Waals surface area contributed by atoms with Gasteiger partial charge in [-0.3, -0.25) is 0 Å². The van der Waals surface area contributed by atoms with E-state index in [2.05, 4.69) is 15.9 Å². The Morgan fingerprint density at radius 2 is 2.23 bits per heavy atom. The first-order chi connectivity index (χ1) is 6.27. The van der Waals surface area contributed by atoms with Crippen molar-refractivity contribution in [3.8, 4) is 11.5 Å². The fraction of sp³-hybridized carbons (Fsp3) is 0.400. The molecule has 0 fully saturated rings. The number of methoxy groups -OCH3 is 1. The number of halogens is 1. The Labute approximate surface area is 86.7 Å². The topological polar surface area (TPSA) is 29.5 Å². The molecule has 0 aliphatic heterocycles. The summed E-state index contributed by atoms with van der Waals surface area (Å²) in [4.78, 5) is 0. The minimum atomic E-state index is 0.217. The molecule has 1 aromatic carbocycles. The van der Waals surface area contributed by atoms with E-state index in [1.165, 1.54) is 0 Å². The van der Waals surface area contributed by atoms with Crippen molar-refractivity contribution in [2.75, 3.05) is 12.4 Å². The Morgan fingerprint density at radius 1 is 1.46 bits per heavy atom. The predicted octanol–water partition coefficient (Wildman–Crippen LogP) is 2.73. The summed E-state index contributed by atoms with van der Waals surface area (Å²) in [5.74, 6) is 0.747. The van der Waals surface area contributed by atoms with Gasteiger partial charge in [-0.15, -0.1) is 0 Å². The molecule has 1 N–H and O–H groups in total. The summed E-state index contributed by atoms with van der Waals surface area (Å²) < 4.78 is 4.95. The fourth-order valence-electron chi connectivity index (χ4n) is 1.16. The second-order valence-electron chi connectivity index (χ2n) is 2.80. The van der Waals surface area contributed by atoms with Gasteiger partial charge in [0.2, 0.25) is 0 Å². The third-order valence-electron chi connectivity index (χ3n) is 1.84. The van der Waals surface area contributed by atoms with Crippen LogP contribution in [0.15, 0.2) is 18.2 Å². The molecule has 2 nitrogen and oxygen atoms in total. The maximum Gasteiger partial charge on any atom is 0.160 e. The van der Waals surface area contributed by atoms with Gasteiger partial charge in [0.15, 0.2) is 11.5 Å². The van der Waals surface area contributed by atoms with E-state index >= 15 is 0 Å². The Hall–Kier alpha value is -0.700. The lowest BCUT2D eigenvalue weighted by molar-refractivity contribution is 0.373. The number of alkyl halides is 1. The minimum Gasteiger partial charge on any atom is -0.504 e. The average Bonchev–Trinajstić information content (AvgIpc) is 2.15. The number of ether oxygens (including phenoxy) is 1. The molecule has 13 heavy (non-hydrogen) atoms. The van der Waals surface area contributed by atoms with Crippen LogP contribution in [0.3, 0.4) is 0 Å². The van der Waals surface area contributed by atoms with Gasteiger partial charge in [-0.05, 0) is 30.5 Å². The molecule has 0 aliphatic carbocycles. The molecule has 1 rings (SSSR count). The number of phenolic OH excluding ortho intramolecular Hbond substituents is 1. The summed E-state index contributed by atoms with van der Waals surface area (Å²) >= 11 is 3.37. The molecule has 0 aromatic heterocycles. The molecule has 0 aliphatic rings. The van der Waals surface area contributed by atoms with Crippen LogP contribution in [0.5, 0.6) is 11.5 Å². The molecule has 0 amide bonds. The third kappa shape index (κ3) is 2.92. The molecule has 0 saturated heterocycles. The van der Waals surface area contributed by atoms with Gasteiger partial charge in [0, 0.05) is 5.33 Å². The van der Waals surface area contributed by atoms with E-state index in [9.17, 15) is 5.11 Å². The largest absolute Gasteiger partial charge is 0.504 e. The van der Waals surface area contributed by atoms with Crippen LogP contribution < -0.4 is 4.74 Å². The molecule has 0 unspecified atom stereocenters. The van der Waals surface area contributed by atoms with Crippen LogP contribution in [-0.4, -0.2) is 17.5 Å². The molecule has 72 valence electrons. The Balaban J connectivity index is 2.71. The lowest BCUT2D eigenvalue weighted by Gasteiger charge is -2.05. The van der Waals surface area contributed by atoms with Crippen LogP contribution in [0.4, 0.5) is 0 Å². The van der Waals surface area contributed by atoms with Gasteiger partial charge in [0.1, 0.15) is 0 Å². The molecule has 0 bridgehead atoms. The molecule has 1 aromatic rings. The highest BCUT2D eigenvalue weighted by molar-refractivity contribution is 9.09. The maximum absolute atomic E-state index is 9.45. The van der Waals surface area contributed by atoms with Gasteiger partial charge in [-0.25, -0.2) is 0 Å². The minimum absolute atomic E-state index is 0.217. The first-order valence-electron chi connectivity index (χ1n) is 4.19. The first-order valence-corrected chi connectivity index (χ1v) is 5.32. The predicted molar refractivity (Wildman–Crippen MR) is 56.8 cm³/mol. The average molecular weight is 245 g/mol. The second-order valence-corrected chi connectivity index (χ2v) is 3.59. The first kappa shape index (κ1) is 10.4. The Morgan fingerprint density at radius 3 is 2.77 bits per heavy atom. The number of benzene rings is 1. The van der Waals surface area contributed by atoms with Crippen LogP contribution in [0, 0.1) is 0 Å². The lowest BCUT2D eigenvalue weighted by atomic mass is 10.1. The number of hydrogen-bond donors (Lipinski definition) is 1. The zero-order valence-electron chi connectivity index (χ0n) is 7.59. The van der Waals surface area contributed by atoms with Crippen molar-refractivity contribution in [1.29, 1.82) is 0 Å². The van der Waals surface area contributed by atoms with E-state index in [1.54, 1.807) is 19.2 Å². The highest BCUT2D eigenvalue weighted by Crippen LogP contribution is 2.26. The molecule has 0 atom stereocenters. The summed E-state index contributed by atoms with van der Waals surface area (Å²) in [5, 5.41) is 10.4. The number of rotatable bonds is 4. The molecule has 0 heterocycles. The Bertz CT molecular complexity index is 274. The van der Waals surface area contributed by atoms with Gasteiger partial charge < -0.3 is 9.84 Å². The zero-order valence-corrected chi connectivity index (χ0v) is 9.17. The number of aryl methyl sites for hydroxylation is 1. The van der Waals surface area contributed by atoms with E-state index in [1.807, 2.05) is 6.07 Å². The van der Waals surface area contributed by atoms with Crippen molar-refractivity contribution in [3.63, 3.8) is 0 Å². The van der Waals surface area contributed by atoms with Crippen molar-refractivity contribution >= 4 is 15.9 Å². The summed E-state index contributed by atoms with van der Waals surface area (Å²) in [6.45, 7) is 0. The molecule has 0 radical (unpaired) electrons. The summed E-state index contributed by atoms with van der Waals surface area (Å²) in [6, 6.07) is 5.52. The van der Waals surface area contributed by atoms with Crippen molar-refractivity contribution < 1.29 is 9.84 Å². The summed E-state index contributed by atoms with van der Waals surface area (Å²) in [5.41, 5.74) is 1.14. The van der Waals surface area contributed by atoms with Crippen LogP contribution in [0.25, 0.3) is 0 Å². The third-order valence-corrected chi connectivity index (χ3v) is 2.40. The molecule has 3 heteroatoms. The van der Waals surface area contributed by atoms with Crippen LogP contribution >= 0.6 is 15.9 Å². The monoisotopic (exact) mass is 244 g/mol. The SMILES string of the molecule is COc1ccc(CCCBr)cc1O. The smallest absolute Gasteiger partial charge is 0.160 e. The Kier molecular flexibility index (Phi) is 4.09. The van der Waals surface area contributed by atoms with Gasteiger partial charge in [-0.1, -0.05) is 22.0 Å². The second kappa shape index (κ2) is 5.12. The maximum atomic E-state index is 9.45. The van der Waals surface area contributed by atoms with Gasteiger partial charge in [0.25, 0.3) is 0 Å². The van der Waals surface area contributed by atoms with Crippen molar-refractivity contribution in [1.82, 2.24) is 0 Å². The summed E-state index contributed by atoms with van der Waals surface area (Å²) in [6.07, 6.45) is 2.05. The van der Waals surface area contributed by atoms with Gasteiger partial charge >= 0.3 is 0 Å². The fourth-order valence-corrected chi connectivity index (χ4v) is 1.44. The van der Waals surface area contributed by atoms with Crippen molar-refractivity contribution in [2.45, 2.75) is 12.8 Å². The quantitative estimate of drug-likeness (QED) is 0.826. The lowest BCUT2D eigenvalue weighted by Crippen LogP contribution is -1.88. The summed E-state index contributed by atoms with van der Waals surface area (Å²) in [7, 11) is 1.55. The number of aromatic hydroxyl groups is 1. The van der Waals surface area contributed by atoms with Crippen LogP contribution in [0.2, 0.25) is 0 Å². The standard InChI is InChI=1S/C10H13BrO2/c1-13-10-5-4-8(3-2-6-11)7-9(10)12/h4-5,7,12H,2-3,6H2,1H3. The van der Waals surface area contributed by atoms with E-state index in [4.69, 9.17) is 4.74 Å². The van der Waals surface area contributed by atoms with E-state index < -0.39 is 0 Å². The molecular formula is C10H13BrO2. The number of phenols is 1. The molecule has 0 spiro atoms. The van der Waals surface area contributed by atoms with Crippen LogP contribution in [-0.2, 0) is 6.42 Å². The zero-order chi connectivity index (χ0) is 9.68. The van der Waals surface area contributed by atoms with E-state index in [0.717, 1.165) is 23.7 Å². The molecular weight excluding hydrogens is 232 g/mol. The van der Waals surface area contributed by atoms with Crippen LogP contribution in [0.1, 0.15) is 12.0 Å². The number of hydrogen-bond acceptors (Lipinski definition) is 2. The highest BCUT2D eigenvalue weighted by Gasteiger charge is 2.01. The van der Waals surface area contributed by atoms with Crippen molar-refractivity contribution in [2.24, 2.45) is 0 Å². The van der Waals surface area contributed by atoms with Crippen molar-refractivity contribution in [3.05, 3.63) is 23.8 Å². The highest BCUT2D eigenvalue weighted by atomic mass is 79.9. The van der Waals surface area contributed by atoms with Gasteiger partial charge in [0.05, 0.1) is 7.11 Å². The van der Waals surface area contributed by atoms with Gasteiger partial charge in [-0.2, -0.15) is 0 Å². The molecule has 0 saturated carbocycles. The van der Waals surface area contributed by atoms with E-state index in [0.29, 0.717) is 5.75 Å². The normalized spacial score (nSPS) is 10.0.